The minimum Gasteiger partial charge on any atom is -0.465 e. The number of benzene rings is 1. The lowest BCUT2D eigenvalue weighted by Crippen LogP contribution is -2.14. The van der Waals surface area contributed by atoms with Gasteiger partial charge in [0.25, 0.3) is 0 Å². The highest BCUT2D eigenvalue weighted by Gasteiger charge is 2.20. The monoisotopic (exact) mass is 317 g/mol. The topological polar surface area (TPSA) is 115 Å². The highest BCUT2D eigenvalue weighted by Crippen LogP contribution is 2.24. The van der Waals surface area contributed by atoms with Crippen molar-refractivity contribution in [2.24, 2.45) is 0 Å². The maximum atomic E-state index is 11.4. The van der Waals surface area contributed by atoms with Gasteiger partial charge >= 0.3 is 11.7 Å². The van der Waals surface area contributed by atoms with E-state index >= 15 is 0 Å². The van der Waals surface area contributed by atoms with E-state index in [9.17, 15) is 20.0 Å². The molecule has 8 nitrogen and oxygen atoms in total. The Morgan fingerprint density at radius 3 is 2.74 bits per heavy atom. The Morgan fingerprint density at radius 2 is 2.13 bits per heavy atom. The summed E-state index contributed by atoms with van der Waals surface area (Å²) < 4.78 is 4.50. The molecule has 0 bridgehead atoms. The number of carbonyl (C=O) groups is 1. The molecule has 2 rings (SSSR count). The predicted molar refractivity (Wildman–Crippen MR) is 82.1 cm³/mol. The summed E-state index contributed by atoms with van der Waals surface area (Å²) in [6.45, 7) is 0.0371. The number of nitrogens with zero attached hydrogens (tertiary/aromatic N) is 2. The Kier molecular flexibility index (Phi) is 5.21. The molecule has 1 aromatic carbocycles. The van der Waals surface area contributed by atoms with Crippen LogP contribution in [0.2, 0.25) is 0 Å². The molecule has 0 aliphatic rings. The zero-order valence-electron chi connectivity index (χ0n) is 12.3. The molecule has 0 amide bonds. The summed E-state index contributed by atoms with van der Waals surface area (Å²) in [7, 11) is 1.18. The lowest BCUT2D eigenvalue weighted by Gasteiger charge is -2.12. The van der Waals surface area contributed by atoms with E-state index in [1.165, 1.54) is 13.3 Å². The predicted octanol–water partition coefficient (Wildman–Crippen LogP) is 1.92. The van der Waals surface area contributed by atoms with Crippen LogP contribution in [-0.2, 0) is 4.74 Å². The Hall–Kier alpha value is -3.00. The highest BCUT2D eigenvalue weighted by molar-refractivity contribution is 5.90. The molecule has 1 heterocycles. The van der Waals surface area contributed by atoms with Crippen molar-refractivity contribution in [3.63, 3.8) is 0 Å². The second kappa shape index (κ2) is 7.32. The van der Waals surface area contributed by atoms with E-state index in [0.717, 1.165) is 6.07 Å². The molecule has 23 heavy (non-hydrogen) atoms. The van der Waals surface area contributed by atoms with Crippen molar-refractivity contribution in [2.75, 3.05) is 19.0 Å². The molecule has 0 saturated carbocycles. The Morgan fingerprint density at radius 1 is 1.43 bits per heavy atom. The zero-order valence-corrected chi connectivity index (χ0v) is 12.3. The van der Waals surface area contributed by atoms with Crippen molar-refractivity contribution in [1.82, 2.24) is 4.98 Å². The first-order valence-electron chi connectivity index (χ1n) is 6.72. The second-order valence-corrected chi connectivity index (χ2v) is 4.65. The number of pyridine rings is 1. The summed E-state index contributed by atoms with van der Waals surface area (Å²) in [5.41, 5.74) is 0.287. The van der Waals surface area contributed by atoms with Crippen LogP contribution in [0.3, 0.4) is 0 Å². The van der Waals surface area contributed by atoms with E-state index in [1.54, 1.807) is 24.3 Å². The van der Waals surface area contributed by atoms with Crippen molar-refractivity contribution in [3.05, 3.63) is 63.8 Å². The quantitative estimate of drug-likeness (QED) is 0.475. The molecule has 0 fully saturated rings. The van der Waals surface area contributed by atoms with Gasteiger partial charge in [-0.3, -0.25) is 10.1 Å². The van der Waals surface area contributed by atoms with Crippen LogP contribution in [0.4, 0.5) is 11.5 Å². The number of aliphatic hydroxyl groups excluding tert-OH is 1. The van der Waals surface area contributed by atoms with E-state index in [4.69, 9.17) is 0 Å². The first-order valence-corrected chi connectivity index (χ1v) is 6.72. The molecule has 1 aromatic heterocycles. The number of carbonyl (C=O) groups excluding carboxylic acids is 1. The molecule has 2 N–H and O–H groups in total. The van der Waals surface area contributed by atoms with Gasteiger partial charge < -0.3 is 15.2 Å². The summed E-state index contributed by atoms with van der Waals surface area (Å²) in [6, 6.07) is 9.95. The van der Waals surface area contributed by atoms with Crippen molar-refractivity contribution in [2.45, 2.75) is 6.10 Å². The number of anilines is 1. The van der Waals surface area contributed by atoms with Crippen LogP contribution >= 0.6 is 0 Å². The van der Waals surface area contributed by atoms with Gasteiger partial charge in [0, 0.05) is 18.8 Å². The molecule has 120 valence electrons. The van der Waals surface area contributed by atoms with Crippen molar-refractivity contribution < 1.29 is 19.6 Å². The molecule has 0 saturated heterocycles. The molecule has 1 atom stereocenters. The summed E-state index contributed by atoms with van der Waals surface area (Å²) in [4.78, 5) is 25.7. The number of esters is 1. The minimum absolute atomic E-state index is 0.0200. The van der Waals surface area contributed by atoms with E-state index in [2.05, 4.69) is 15.0 Å². The lowest BCUT2D eigenvalue weighted by atomic mass is 10.1. The zero-order chi connectivity index (χ0) is 16.8. The molecule has 0 spiro atoms. The number of nitrogens with one attached hydrogen (secondary N) is 1. The van der Waals surface area contributed by atoms with Gasteiger partial charge in [0.05, 0.1) is 23.7 Å². The molecule has 0 aliphatic heterocycles. The third-order valence-electron chi connectivity index (χ3n) is 3.13. The number of hydrogen-bond donors (Lipinski definition) is 2. The minimum atomic E-state index is -0.849. The highest BCUT2D eigenvalue weighted by atomic mass is 16.6. The van der Waals surface area contributed by atoms with Gasteiger partial charge in [-0.15, -0.1) is 0 Å². The molecule has 1 unspecified atom stereocenters. The third-order valence-corrected chi connectivity index (χ3v) is 3.13. The van der Waals surface area contributed by atoms with E-state index in [-0.39, 0.29) is 23.6 Å². The van der Waals surface area contributed by atoms with Crippen LogP contribution in [0, 0.1) is 10.1 Å². The van der Waals surface area contributed by atoms with Gasteiger partial charge in [0.15, 0.2) is 0 Å². The number of ether oxygens (including phenoxy) is 1. The number of rotatable bonds is 6. The standard InChI is InChI=1S/C15H15N3O5/c1-23-15(20)11-7-12(18(21)22)14(16-8-11)17-9-13(19)10-5-3-2-4-6-10/h2-8,13,19H,9H2,1H3,(H,16,17). The lowest BCUT2D eigenvalue weighted by molar-refractivity contribution is -0.384. The van der Waals surface area contributed by atoms with Crippen molar-refractivity contribution in [1.29, 1.82) is 0 Å². The molecule has 8 heteroatoms. The first kappa shape index (κ1) is 16.4. The summed E-state index contributed by atoms with van der Waals surface area (Å²) in [6.07, 6.45) is 0.327. The van der Waals surface area contributed by atoms with Crippen LogP contribution in [0.15, 0.2) is 42.6 Å². The smallest absolute Gasteiger partial charge is 0.339 e. The van der Waals surface area contributed by atoms with Crippen molar-refractivity contribution >= 4 is 17.5 Å². The van der Waals surface area contributed by atoms with Gasteiger partial charge in [0.2, 0.25) is 5.82 Å². The number of nitro groups is 1. The number of aliphatic hydroxyl groups is 1. The fourth-order valence-corrected chi connectivity index (χ4v) is 1.94. The van der Waals surface area contributed by atoms with Crippen LogP contribution in [0.5, 0.6) is 0 Å². The number of methoxy groups -OCH3 is 1. The van der Waals surface area contributed by atoms with E-state index in [0.29, 0.717) is 5.56 Å². The second-order valence-electron chi connectivity index (χ2n) is 4.65. The molecule has 0 aliphatic carbocycles. The van der Waals surface area contributed by atoms with Crippen LogP contribution < -0.4 is 5.32 Å². The summed E-state index contributed by atoms with van der Waals surface area (Å²) in [5, 5.41) is 23.9. The van der Waals surface area contributed by atoms with Crippen LogP contribution in [0.1, 0.15) is 22.0 Å². The molecular weight excluding hydrogens is 302 g/mol. The Labute approximate surface area is 131 Å². The fourth-order valence-electron chi connectivity index (χ4n) is 1.94. The maximum Gasteiger partial charge on any atom is 0.339 e. The normalized spacial score (nSPS) is 11.6. The first-order chi connectivity index (χ1) is 11.0. The average molecular weight is 317 g/mol. The number of aromatic nitrogens is 1. The van der Waals surface area contributed by atoms with Gasteiger partial charge in [-0.25, -0.2) is 9.78 Å². The largest absolute Gasteiger partial charge is 0.465 e. The fraction of sp³-hybridized carbons (Fsp3) is 0.200. The van der Waals surface area contributed by atoms with Gasteiger partial charge in [-0.2, -0.15) is 0 Å². The Balaban J connectivity index is 2.16. The molecular formula is C15H15N3O5. The van der Waals surface area contributed by atoms with Gasteiger partial charge in [-0.05, 0) is 5.56 Å². The van der Waals surface area contributed by atoms with Crippen LogP contribution in [-0.4, -0.2) is 34.6 Å². The van der Waals surface area contributed by atoms with E-state index in [1.807, 2.05) is 6.07 Å². The van der Waals surface area contributed by atoms with Gasteiger partial charge in [-0.1, -0.05) is 30.3 Å². The Bertz CT molecular complexity index is 706. The van der Waals surface area contributed by atoms with E-state index < -0.39 is 17.0 Å². The summed E-state index contributed by atoms with van der Waals surface area (Å²) >= 11 is 0. The molecule has 0 radical (unpaired) electrons. The maximum absolute atomic E-state index is 11.4. The number of hydrogen-bond acceptors (Lipinski definition) is 7. The van der Waals surface area contributed by atoms with Crippen molar-refractivity contribution in [3.8, 4) is 0 Å². The van der Waals surface area contributed by atoms with Gasteiger partial charge in [0.1, 0.15) is 0 Å². The summed E-state index contributed by atoms with van der Waals surface area (Å²) in [5.74, 6) is -0.742. The third kappa shape index (κ3) is 4.01. The SMILES string of the molecule is COC(=O)c1cnc(NCC(O)c2ccccc2)c([N+](=O)[O-])c1. The van der Waals surface area contributed by atoms with Crippen LogP contribution in [0.25, 0.3) is 0 Å². The average Bonchev–Trinajstić information content (AvgIpc) is 2.59. The molecule has 2 aromatic rings.